The highest BCUT2D eigenvalue weighted by molar-refractivity contribution is 7.15. The number of thiazole rings is 1. The van der Waals surface area contributed by atoms with Crippen LogP contribution in [0.2, 0.25) is 5.02 Å². The van der Waals surface area contributed by atoms with Crippen molar-refractivity contribution in [2.24, 2.45) is 11.3 Å². The van der Waals surface area contributed by atoms with Crippen LogP contribution >= 0.6 is 22.9 Å². The highest BCUT2D eigenvalue weighted by Gasteiger charge is 2.30. The second-order valence-corrected chi connectivity index (χ2v) is 9.07. The Morgan fingerprint density at radius 3 is 2.71 bits per heavy atom. The minimum atomic E-state index is -0.0317. The van der Waals surface area contributed by atoms with E-state index >= 15 is 0 Å². The number of amides is 1. The maximum Gasteiger partial charge on any atom is 0.230 e. The lowest BCUT2D eigenvalue weighted by Gasteiger charge is -2.33. The number of halogens is 1. The second-order valence-electron chi connectivity index (χ2n) is 7.55. The van der Waals surface area contributed by atoms with Crippen LogP contribution in [-0.2, 0) is 24.1 Å². The molecule has 3 nitrogen and oxygen atoms in total. The molecule has 3 rings (SSSR count). The number of rotatable bonds is 3. The van der Waals surface area contributed by atoms with Crippen molar-refractivity contribution in [1.29, 1.82) is 0 Å². The van der Waals surface area contributed by atoms with E-state index in [2.05, 4.69) is 31.1 Å². The van der Waals surface area contributed by atoms with Gasteiger partial charge in [0.15, 0.2) is 5.13 Å². The lowest BCUT2D eigenvalue weighted by Crippen LogP contribution is -2.26. The summed E-state index contributed by atoms with van der Waals surface area (Å²) in [5.74, 6) is 0.652. The van der Waals surface area contributed by atoms with Crippen LogP contribution in [0.5, 0.6) is 0 Å². The van der Waals surface area contributed by atoms with Gasteiger partial charge < -0.3 is 5.32 Å². The molecule has 1 amide bonds. The van der Waals surface area contributed by atoms with E-state index in [1.165, 1.54) is 17.0 Å². The number of nitrogens with zero attached hydrogens (tertiary/aromatic N) is 1. The van der Waals surface area contributed by atoms with Crippen molar-refractivity contribution in [2.75, 3.05) is 5.32 Å². The second kappa shape index (κ2) is 6.85. The molecule has 1 aliphatic carbocycles. The van der Waals surface area contributed by atoms with Crippen molar-refractivity contribution < 1.29 is 4.79 Å². The molecular formula is C19H23ClN2OS. The normalized spacial score (nSPS) is 17.4. The molecule has 2 aromatic rings. The summed E-state index contributed by atoms with van der Waals surface area (Å²) in [4.78, 5) is 18.2. The highest BCUT2D eigenvalue weighted by Crippen LogP contribution is 2.40. The zero-order valence-corrected chi connectivity index (χ0v) is 15.9. The van der Waals surface area contributed by atoms with E-state index in [4.69, 9.17) is 11.6 Å². The Morgan fingerprint density at radius 1 is 1.33 bits per heavy atom. The average Bonchev–Trinajstić information content (AvgIpc) is 2.89. The fourth-order valence-electron chi connectivity index (χ4n) is 3.12. The summed E-state index contributed by atoms with van der Waals surface area (Å²) < 4.78 is 0. The van der Waals surface area contributed by atoms with Crippen molar-refractivity contribution in [3.8, 4) is 0 Å². The molecule has 0 saturated carbocycles. The van der Waals surface area contributed by atoms with Crippen LogP contribution in [0, 0.1) is 11.3 Å². The van der Waals surface area contributed by atoms with Crippen molar-refractivity contribution in [3.05, 3.63) is 45.4 Å². The van der Waals surface area contributed by atoms with Crippen LogP contribution in [0.15, 0.2) is 24.3 Å². The molecule has 1 aromatic carbocycles. The maximum atomic E-state index is 12.2. The van der Waals surface area contributed by atoms with Gasteiger partial charge in [0.25, 0.3) is 0 Å². The monoisotopic (exact) mass is 362 g/mol. The number of anilines is 1. The third-order valence-corrected chi connectivity index (χ3v) is 5.98. The Morgan fingerprint density at radius 2 is 2.04 bits per heavy atom. The maximum absolute atomic E-state index is 12.2. The van der Waals surface area contributed by atoms with Crippen molar-refractivity contribution in [1.82, 2.24) is 4.98 Å². The molecule has 0 radical (unpaired) electrons. The summed E-state index contributed by atoms with van der Waals surface area (Å²) in [5, 5.41) is 4.36. The molecule has 0 fully saturated rings. The van der Waals surface area contributed by atoms with Crippen LogP contribution in [0.25, 0.3) is 0 Å². The molecule has 1 atom stereocenters. The van der Waals surface area contributed by atoms with E-state index in [0.29, 0.717) is 22.8 Å². The van der Waals surface area contributed by atoms with Gasteiger partial charge >= 0.3 is 0 Å². The number of benzene rings is 1. The van der Waals surface area contributed by atoms with Gasteiger partial charge in [0.1, 0.15) is 0 Å². The van der Waals surface area contributed by atoms with Crippen molar-refractivity contribution in [2.45, 2.75) is 46.5 Å². The van der Waals surface area contributed by atoms with Gasteiger partial charge in [-0.25, -0.2) is 4.98 Å². The average molecular weight is 363 g/mol. The van der Waals surface area contributed by atoms with Crippen molar-refractivity contribution in [3.63, 3.8) is 0 Å². The van der Waals surface area contributed by atoms with Gasteiger partial charge in [-0.05, 0) is 48.3 Å². The molecule has 0 aliphatic heterocycles. The van der Waals surface area contributed by atoms with Gasteiger partial charge in [0.05, 0.1) is 12.1 Å². The highest BCUT2D eigenvalue weighted by atomic mass is 35.5. The summed E-state index contributed by atoms with van der Waals surface area (Å²) >= 11 is 7.50. The topological polar surface area (TPSA) is 42.0 Å². The predicted molar refractivity (Wildman–Crippen MR) is 101 cm³/mol. The number of hydrogen-bond donors (Lipinski definition) is 1. The molecule has 24 heavy (non-hydrogen) atoms. The fraction of sp³-hybridized carbons (Fsp3) is 0.474. The van der Waals surface area contributed by atoms with Crippen LogP contribution in [0.1, 0.15) is 43.3 Å². The number of carbonyl (C=O) groups excluding carboxylic acids is 1. The molecule has 1 N–H and O–H groups in total. The van der Waals surface area contributed by atoms with Gasteiger partial charge in [-0.15, -0.1) is 11.3 Å². The van der Waals surface area contributed by atoms with Gasteiger partial charge in [0, 0.05) is 9.90 Å². The Bertz CT molecular complexity index is 731. The molecule has 5 heteroatoms. The Hall–Kier alpha value is -1.39. The first-order valence-electron chi connectivity index (χ1n) is 8.34. The van der Waals surface area contributed by atoms with E-state index in [-0.39, 0.29) is 5.91 Å². The molecule has 1 aromatic heterocycles. The molecule has 1 heterocycles. The molecule has 1 aliphatic rings. The SMILES string of the molecule is CC(C)(C)[C@H]1CCc2nc(NC(=O)Cc3ccc(Cl)cc3)sc2C1. The van der Waals surface area contributed by atoms with Crippen LogP contribution in [-0.4, -0.2) is 10.9 Å². The third-order valence-electron chi connectivity index (χ3n) is 4.69. The molecule has 0 spiro atoms. The zero-order valence-electron chi connectivity index (χ0n) is 14.4. The predicted octanol–water partition coefficient (Wildman–Crippen LogP) is 5.13. The number of carbonyl (C=O) groups is 1. The lowest BCUT2D eigenvalue weighted by atomic mass is 9.73. The molecular weight excluding hydrogens is 340 g/mol. The van der Waals surface area contributed by atoms with Crippen LogP contribution in [0.4, 0.5) is 5.13 Å². The Labute approximate surface area is 152 Å². The standard InChI is InChI=1S/C19H23ClN2OS/c1-19(2,3)13-6-9-15-16(11-13)24-18(21-15)22-17(23)10-12-4-7-14(20)8-5-12/h4-5,7-8,13H,6,9-11H2,1-3H3,(H,21,22,23)/t13-/m0/s1. The van der Waals surface area contributed by atoms with E-state index < -0.39 is 0 Å². The van der Waals surface area contributed by atoms with Crippen molar-refractivity contribution >= 4 is 34.0 Å². The number of hydrogen-bond acceptors (Lipinski definition) is 3. The van der Waals surface area contributed by atoms with E-state index in [9.17, 15) is 4.79 Å². The van der Waals surface area contributed by atoms with Crippen LogP contribution in [0.3, 0.4) is 0 Å². The first-order chi connectivity index (χ1) is 11.3. The molecule has 0 unspecified atom stereocenters. The largest absolute Gasteiger partial charge is 0.302 e. The number of fused-ring (bicyclic) bond motifs is 1. The first-order valence-corrected chi connectivity index (χ1v) is 9.53. The van der Waals surface area contributed by atoms with Gasteiger partial charge in [-0.1, -0.05) is 44.5 Å². The minimum Gasteiger partial charge on any atom is -0.302 e. The summed E-state index contributed by atoms with van der Waals surface area (Å²) in [6.07, 6.45) is 3.61. The number of aryl methyl sites for hydroxylation is 1. The van der Waals surface area contributed by atoms with E-state index in [1.54, 1.807) is 23.5 Å². The fourth-order valence-corrected chi connectivity index (χ4v) is 4.35. The van der Waals surface area contributed by atoms with Crippen LogP contribution < -0.4 is 5.32 Å². The number of aromatic nitrogens is 1. The van der Waals surface area contributed by atoms with Gasteiger partial charge in [0.2, 0.25) is 5.91 Å². The smallest absolute Gasteiger partial charge is 0.230 e. The Balaban J connectivity index is 1.64. The molecule has 0 saturated heterocycles. The van der Waals surface area contributed by atoms with E-state index in [0.717, 1.165) is 23.5 Å². The summed E-state index contributed by atoms with van der Waals surface area (Å²) in [7, 11) is 0. The van der Waals surface area contributed by atoms with Gasteiger partial charge in [-0.2, -0.15) is 0 Å². The minimum absolute atomic E-state index is 0.0317. The number of nitrogens with one attached hydrogen (secondary N) is 1. The molecule has 128 valence electrons. The zero-order chi connectivity index (χ0) is 17.3. The first kappa shape index (κ1) is 17.4. The summed E-state index contributed by atoms with van der Waals surface area (Å²) in [6.45, 7) is 6.91. The Kier molecular flexibility index (Phi) is 4.97. The lowest BCUT2D eigenvalue weighted by molar-refractivity contribution is -0.115. The molecule has 0 bridgehead atoms. The summed E-state index contributed by atoms with van der Waals surface area (Å²) in [6, 6.07) is 7.36. The summed E-state index contributed by atoms with van der Waals surface area (Å²) in [5.41, 5.74) is 2.44. The van der Waals surface area contributed by atoms with Gasteiger partial charge in [-0.3, -0.25) is 4.79 Å². The van der Waals surface area contributed by atoms with E-state index in [1.807, 2.05) is 12.1 Å². The third kappa shape index (κ3) is 4.17. The quantitative estimate of drug-likeness (QED) is 0.822.